The zero-order valence-corrected chi connectivity index (χ0v) is 13.7. The van der Waals surface area contributed by atoms with Gasteiger partial charge in [0.05, 0.1) is 17.7 Å². The maximum atomic E-state index is 11.2. The highest BCUT2D eigenvalue weighted by Crippen LogP contribution is 2.37. The first-order chi connectivity index (χ1) is 10.3. The van der Waals surface area contributed by atoms with Crippen molar-refractivity contribution in [3.8, 4) is 17.1 Å². The van der Waals surface area contributed by atoms with Crippen molar-refractivity contribution in [3.05, 3.63) is 34.6 Å². The van der Waals surface area contributed by atoms with E-state index in [4.69, 9.17) is 9.84 Å². The lowest BCUT2D eigenvalue weighted by molar-refractivity contribution is -0.0394. The second kappa shape index (κ2) is 5.10. The Hall–Kier alpha value is -1.86. The molecule has 0 bridgehead atoms. The van der Waals surface area contributed by atoms with Gasteiger partial charge in [0.1, 0.15) is 17.7 Å². The third-order valence-corrected chi connectivity index (χ3v) is 4.09. The average Bonchev–Trinajstić information content (AvgIpc) is 2.76. The van der Waals surface area contributed by atoms with E-state index in [0.717, 1.165) is 4.47 Å². The van der Waals surface area contributed by atoms with E-state index in [0.29, 0.717) is 23.7 Å². The van der Waals surface area contributed by atoms with Gasteiger partial charge >= 0.3 is 5.97 Å². The van der Waals surface area contributed by atoms with Crippen molar-refractivity contribution < 1.29 is 19.7 Å². The van der Waals surface area contributed by atoms with Crippen molar-refractivity contribution in [2.24, 2.45) is 0 Å². The Kier molecular flexibility index (Phi) is 3.49. The summed E-state index contributed by atoms with van der Waals surface area (Å²) >= 11 is 3.40. The molecule has 1 unspecified atom stereocenters. The third kappa shape index (κ3) is 2.62. The number of aromatic carboxylic acids is 1. The van der Waals surface area contributed by atoms with E-state index in [-0.39, 0.29) is 5.69 Å². The van der Waals surface area contributed by atoms with Crippen molar-refractivity contribution in [1.29, 1.82) is 0 Å². The van der Waals surface area contributed by atoms with Gasteiger partial charge in [0, 0.05) is 10.7 Å². The van der Waals surface area contributed by atoms with Crippen molar-refractivity contribution in [2.45, 2.75) is 32.1 Å². The number of carbonyl (C=O) groups is 1. The maximum Gasteiger partial charge on any atom is 0.356 e. The fourth-order valence-electron chi connectivity index (χ4n) is 2.39. The Balaban J connectivity index is 2.21. The second-order valence-corrected chi connectivity index (χ2v) is 6.72. The Bertz CT molecular complexity index is 748. The highest BCUT2D eigenvalue weighted by Gasteiger charge is 2.34. The fourth-order valence-corrected chi connectivity index (χ4v) is 2.75. The molecule has 1 aromatic heterocycles. The molecule has 3 rings (SSSR count). The van der Waals surface area contributed by atoms with Crippen LogP contribution in [0.5, 0.6) is 5.75 Å². The number of benzene rings is 1. The van der Waals surface area contributed by atoms with Gasteiger partial charge in [-0.15, -0.1) is 0 Å². The number of hydrogen-bond donors (Lipinski definition) is 2. The SMILES string of the molecule is CC(C)(O)C1Cn2cc(C(=O)O)nc2-c2cc(Br)ccc2O1. The third-order valence-electron chi connectivity index (χ3n) is 3.60. The predicted octanol–water partition coefficient (Wildman–Crippen LogP) is 2.54. The quantitative estimate of drug-likeness (QED) is 0.852. The van der Waals surface area contributed by atoms with Crippen LogP contribution in [0.25, 0.3) is 11.4 Å². The van der Waals surface area contributed by atoms with Gasteiger partial charge in [-0.05, 0) is 32.0 Å². The van der Waals surface area contributed by atoms with Gasteiger partial charge in [0.25, 0.3) is 0 Å². The van der Waals surface area contributed by atoms with Gasteiger partial charge in [-0.25, -0.2) is 9.78 Å². The maximum absolute atomic E-state index is 11.2. The summed E-state index contributed by atoms with van der Waals surface area (Å²) in [5.74, 6) is -0.00471. The molecule has 1 aliphatic rings. The van der Waals surface area contributed by atoms with Crippen LogP contribution in [0.1, 0.15) is 24.3 Å². The Morgan fingerprint density at radius 1 is 1.50 bits per heavy atom. The van der Waals surface area contributed by atoms with E-state index in [1.165, 1.54) is 6.20 Å². The average molecular weight is 367 g/mol. The van der Waals surface area contributed by atoms with Crippen LogP contribution in [-0.2, 0) is 6.54 Å². The molecule has 2 N–H and O–H groups in total. The molecule has 22 heavy (non-hydrogen) atoms. The summed E-state index contributed by atoms with van der Waals surface area (Å²) in [6, 6.07) is 5.44. The van der Waals surface area contributed by atoms with Gasteiger partial charge < -0.3 is 19.5 Å². The molecule has 2 heterocycles. The van der Waals surface area contributed by atoms with E-state index in [2.05, 4.69) is 20.9 Å². The number of rotatable bonds is 2. The molecule has 6 nitrogen and oxygen atoms in total. The van der Waals surface area contributed by atoms with Gasteiger partial charge in [0.2, 0.25) is 0 Å². The van der Waals surface area contributed by atoms with Crippen LogP contribution in [0, 0.1) is 0 Å². The standard InChI is InChI=1S/C15H15BrN2O4/c1-15(2,21)12-7-18-6-10(14(19)20)17-13(18)9-5-8(16)3-4-11(9)22-12/h3-6,12,21H,7H2,1-2H3,(H,19,20). The largest absolute Gasteiger partial charge is 0.485 e. The molecule has 1 aliphatic heterocycles. The van der Waals surface area contributed by atoms with Gasteiger partial charge in [-0.3, -0.25) is 0 Å². The minimum Gasteiger partial charge on any atom is -0.485 e. The molecule has 0 spiro atoms. The number of fused-ring (bicyclic) bond motifs is 3. The second-order valence-electron chi connectivity index (χ2n) is 5.81. The number of imidazole rings is 1. The Morgan fingerprint density at radius 3 is 2.86 bits per heavy atom. The van der Waals surface area contributed by atoms with E-state index in [1.807, 2.05) is 12.1 Å². The lowest BCUT2D eigenvalue weighted by Gasteiger charge is -2.29. The number of aromatic nitrogens is 2. The van der Waals surface area contributed by atoms with Crippen molar-refractivity contribution >= 4 is 21.9 Å². The zero-order valence-electron chi connectivity index (χ0n) is 12.1. The first-order valence-electron chi connectivity index (χ1n) is 6.75. The first kappa shape index (κ1) is 15.1. The highest BCUT2D eigenvalue weighted by atomic mass is 79.9. The predicted molar refractivity (Wildman–Crippen MR) is 83.0 cm³/mol. The fraction of sp³-hybridized carbons (Fsp3) is 0.333. The molecule has 2 aromatic rings. The molecule has 1 aromatic carbocycles. The molecule has 0 saturated carbocycles. The summed E-state index contributed by atoms with van der Waals surface area (Å²) in [7, 11) is 0. The summed E-state index contributed by atoms with van der Waals surface area (Å²) in [6.45, 7) is 3.64. The van der Waals surface area contributed by atoms with E-state index in [9.17, 15) is 9.90 Å². The minimum atomic E-state index is -1.09. The molecule has 1 atom stereocenters. The highest BCUT2D eigenvalue weighted by molar-refractivity contribution is 9.10. The topological polar surface area (TPSA) is 84.6 Å². The number of carboxylic acid groups (broad SMARTS) is 1. The van der Waals surface area contributed by atoms with Crippen LogP contribution in [0.2, 0.25) is 0 Å². The normalized spacial score (nSPS) is 17.2. The number of hydrogen-bond acceptors (Lipinski definition) is 4. The van der Waals surface area contributed by atoms with Crippen molar-refractivity contribution in [2.75, 3.05) is 0 Å². The minimum absolute atomic E-state index is 0.0303. The number of ether oxygens (including phenoxy) is 1. The van der Waals surface area contributed by atoms with E-state index in [1.54, 1.807) is 24.5 Å². The van der Waals surface area contributed by atoms with Gasteiger partial charge in [-0.1, -0.05) is 15.9 Å². The zero-order chi connectivity index (χ0) is 16.1. The molecule has 0 aliphatic carbocycles. The van der Waals surface area contributed by atoms with Gasteiger partial charge in [-0.2, -0.15) is 0 Å². The molecule has 0 radical (unpaired) electrons. The number of aliphatic hydroxyl groups is 1. The van der Waals surface area contributed by atoms with Crippen LogP contribution in [0.3, 0.4) is 0 Å². The van der Waals surface area contributed by atoms with E-state index < -0.39 is 17.7 Å². The van der Waals surface area contributed by atoms with Crippen LogP contribution >= 0.6 is 15.9 Å². The first-order valence-corrected chi connectivity index (χ1v) is 7.54. The lowest BCUT2D eigenvalue weighted by atomic mass is 10.0. The molecule has 0 fully saturated rings. The van der Waals surface area contributed by atoms with Crippen molar-refractivity contribution in [1.82, 2.24) is 9.55 Å². The lowest BCUT2D eigenvalue weighted by Crippen LogP contribution is -2.42. The summed E-state index contributed by atoms with van der Waals surface area (Å²) in [5, 5.41) is 19.5. The van der Waals surface area contributed by atoms with E-state index >= 15 is 0 Å². The molecular formula is C15H15BrN2O4. The van der Waals surface area contributed by atoms with Crippen molar-refractivity contribution in [3.63, 3.8) is 0 Å². The van der Waals surface area contributed by atoms with Crippen LogP contribution in [-0.4, -0.2) is 37.4 Å². The summed E-state index contributed by atoms with van der Waals surface area (Å²) in [5.41, 5.74) is -0.425. The molecule has 7 heteroatoms. The van der Waals surface area contributed by atoms with Crippen LogP contribution in [0.15, 0.2) is 28.9 Å². The summed E-state index contributed by atoms with van der Waals surface area (Å²) in [6.07, 6.45) is 0.944. The summed E-state index contributed by atoms with van der Waals surface area (Å²) in [4.78, 5) is 15.4. The van der Waals surface area contributed by atoms with Gasteiger partial charge in [0.15, 0.2) is 5.69 Å². The molecular weight excluding hydrogens is 352 g/mol. The smallest absolute Gasteiger partial charge is 0.356 e. The number of carboxylic acids is 1. The Morgan fingerprint density at radius 2 is 2.23 bits per heavy atom. The molecule has 116 valence electrons. The number of nitrogens with zero attached hydrogens (tertiary/aromatic N) is 2. The van der Waals surface area contributed by atoms with Crippen LogP contribution < -0.4 is 4.74 Å². The molecule has 0 saturated heterocycles. The monoisotopic (exact) mass is 366 g/mol. The number of halogens is 1. The van der Waals surface area contributed by atoms with Crippen LogP contribution in [0.4, 0.5) is 0 Å². The molecule has 0 amide bonds. The Labute approximate surface area is 135 Å². The summed E-state index contributed by atoms with van der Waals surface area (Å²) < 4.78 is 8.49.